The number of sulfone groups is 1. The smallest absolute Gasteiger partial charge is 0.354 e. The average molecular weight is 436 g/mol. The van der Waals surface area contributed by atoms with Gasteiger partial charge in [0.05, 0.1) is 23.3 Å². The lowest BCUT2D eigenvalue weighted by molar-refractivity contribution is -0.135. The van der Waals surface area contributed by atoms with Crippen LogP contribution in [-0.4, -0.2) is 44.0 Å². The Morgan fingerprint density at radius 2 is 1.97 bits per heavy atom. The summed E-state index contributed by atoms with van der Waals surface area (Å²) in [6.45, 7) is 7.26. The molecular weight excluding hydrogens is 410 g/mol. The van der Waals surface area contributed by atoms with E-state index in [0.29, 0.717) is 17.2 Å². The van der Waals surface area contributed by atoms with Gasteiger partial charge in [0.15, 0.2) is 9.84 Å². The number of ether oxygens (including phenoxy) is 3. The van der Waals surface area contributed by atoms with Gasteiger partial charge in [-0.05, 0) is 45.9 Å². The number of esters is 1. The number of nitrogens with zero attached hydrogens (tertiary/aromatic N) is 2. The summed E-state index contributed by atoms with van der Waals surface area (Å²) in [4.78, 5) is 15.8. The molecule has 2 aromatic rings. The van der Waals surface area contributed by atoms with Crippen molar-refractivity contribution >= 4 is 27.2 Å². The second-order valence-corrected chi connectivity index (χ2v) is 8.58. The Labute approximate surface area is 176 Å². The van der Waals surface area contributed by atoms with Crippen molar-refractivity contribution in [3.8, 4) is 17.4 Å². The van der Waals surface area contributed by atoms with Crippen LogP contribution in [0.3, 0.4) is 0 Å². The van der Waals surface area contributed by atoms with Gasteiger partial charge >= 0.3 is 5.97 Å². The normalized spacial score (nSPS) is 11.9. The minimum Gasteiger partial charge on any atom is -0.489 e. The molecule has 162 valence electrons. The average Bonchev–Trinajstić information content (AvgIpc) is 2.66. The van der Waals surface area contributed by atoms with E-state index in [1.807, 2.05) is 13.8 Å². The fraction of sp³-hybridized carbons (Fsp3) is 0.350. The molecule has 1 heterocycles. The van der Waals surface area contributed by atoms with Gasteiger partial charge < -0.3 is 14.2 Å². The molecule has 0 saturated heterocycles. The Kier molecular flexibility index (Phi) is 7.76. The highest BCUT2D eigenvalue weighted by Gasteiger charge is 2.12. The van der Waals surface area contributed by atoms with Gasteiger partial charge in [-0.2, -0.15) is 5.10 Å². The number of hydrazone groups is 1. The summed E-state index contributed by atoms with van der Waals surface area (Å²) in [5, 5.41) is 4.03. The van der Waals surface area contributed by atoms with E-state index in [2.05, 4.69) is 15.5 Å². The molecule has 0 unspecified atom stereocenters. The number of benzene rings is 1. The minimum atomic E-state index is -3.33. The van der Waals surface area contributed by atoms with Crippen LogP contribution >= 0.6 is 0 Å². The number of aromatic nitrogens is 1. The van der Waals surface area contributed by atoms with E-state index in [4.69, 9.17) is 14.2 Å². The summed E-state index contributed by atoms with van der Waals surface area (Å²) >= 11 is 0. The van der Waals surface area contributed by atoms with Crippen molar-refractivity contribution in [1.29, 1.82) is 0 Å². The highest BCUT2D eigenvalue weighted by Crippen LogP contribution is 2.32. The standard InChI is InChI=1S/C20H25N3O6S/c1-6-27-20(24)14(4)22-23-17-9-7-15(11-18(17)28-13(2)3)29-19-10-8-16(12-21-19)30(5,25)26/h7-13,23H,6H2,1-5H3/b22-14-. The topological polar surface area (TPSA) is 116 Å². The molecule has 0 atom stereocenters. The molecule has 0 saturated carbocycles. The molecule has 1 aromatic heterocycles. The predicted molar refractivity (Wildman–Crippen MR) is 113 cm³/mol. The van der Waals surface area contributed by atoms with Gasteiger partial charge in [0.1, 0.15) is 17.2 Å². The molecule has 0 amide bonds. The highest BCUT2D eigenvalue weighted by molar-refractivity contribution is 7.90. The molecule has 0 aliphatic rings. The number of carbonyl (C=O) groups is 1. The maximum atomic E-state index is 11.7. The third-order valence-corrected chi connectivity index (χ3v) is 4.69. The zero-order chi connectivity index (χ0) is 22.3. The van der Waals surface area contributed by atoms with Crippen molar-refractivity contribution < 1.29 is 27.4 Å². The van der Waals surface area contributed by atoms with E-state index in [0.717, 1.165) is 6.26 Å². The number of pyridine rings is 1. The highest BCUT2D eigenvalue weighted by atomic mass is 32.2. The molecule has 0 aliphatic heterocycles. The molecule has 30 heavy (non-hydrogen) atoms. The number of hydrogen-bond donors (Lipinski definition) is 1. The molecule has 0 bridgehead atoms. The second kappa shape index (κ2) is 10.1. The molecule has 0 fully saturated rings. The maximum Gasteiger partial charge on any atom is 0.354 e. The van der Waals surface area contributed by atoms with Crippen molar-refractivity contribution in [3.05, 3.63) is 36.5 Å². The van der Waals surface area contributed by atoms with Crippen molar-refractivity contribution in [2.24, 2.45) is 5.10 Å². The zero-order valence-corrected chi connectivity index (χ0v) is 18.3. The molecular formula is C20H25N3O6S. The van der Waals surface area contributed by atoms with Crippen LogP contribution in [0, 0.1) is 0 Å². The van der Waals surface area contributed by atoms with Gasteiger partial charge in [-0.1, -0.05) is 0 Å². The van der Waals surface area contributed by atoms with E-state index < -0.39 is 15.8 Å². The molecule has 10 heteroatoms. The third-order valence-electron chi connectivity index (χ3n) is 3.59. The fourth-order valence-electron chi connectivity index (χ4n) is 2.20. The fourth-order valence-corrected chi connectivity index (χ4v) is 2.76. The Bertz CT molecular complexity index is 1020. The van der Waals surface area contributed by atoms with Gasteiger partial charge in [0.25, 0.3) is 0 Å². The first kappa shape index (κ1) is 23.1. The van der Waals surface area contributed by atoms with Crippen LogP contribution in [0.4, 0.5) is 5.69 Å². The van der Waals surface area contributed by atoms with Gasteiger partial charge in [0, 0.05) is 24.6 Å². The second-order valence-electron chi connectivity index (χ2n) is 6.56. The molecule has 0 radical (unpaired) electrons. The summed E-state index contributed by atoms with van der Waals surface area (Å²) in [6.07, 6.45) is 2.22. The number of rotatable bonds is 9. The lowest BCUT2D eigenvalue weighted by atomic mass is 10.2. The number of nitrogens with one attached hydrogen (secondary N) is 1. The van der Waals surface area contributed by atoms with Crippen molar-refractivity contribution in [2.45, 2.75) is 38.7 Å². The third kappa shape index (κ3) is 6.73. The zero-order valence-electron chi connectivity index (χ0n) is 17.5. The van der Waals surface area contributed by atoms with Crippen LogP contribution < -0.4 is 14.9 Å². The van der Waals surface area contributed by atoms with Crippen LogP contribution in [0.1, 0.15) is 27.7 Å². The quantitative estimate of drug-likeness (QED) is 0.362. The molecule has 9 nitrogen and oxygen atoms in total. The van der Waals surface area contributed by atoms with E-state index in [-0.39, 0.29) is 29.2 Å². The first-order chi connectivity index (χ1) is 14.1. The van der Waals surface area contributed by atoms with Crippen molar-refractivity contribution in [1.82, 2.24) is 4.98 Å². The Morgan fingerprint density at radius 1 is 1.23 bits per heavy atom. The SMILES string of the molecule is CCOC(=O)/C(C)=N\Nc1ccc(Oc2ccc(S(C)(=O)=O)cn2)cc1OC(C)C. The number of carbonyl (C=O) groups excluding carboxylic acids is 1. The summed E-state index contributed by atoms with van der Waals surface area (Å²) in [5.74, 6) is 0.604. The molecule has 0 aliphatic carbocycles. The first-order valence-corrected chi connectivity index (χ1v) is 11.1. The molecule has 1 N–H and O–H groups in total. The largest absolute Gasteiger partial charge is 0.489 e. The molecule has 0 spiro atoms. The van der Waals surface area contributed by atoms with Crippen LogP contribution in [-0.2, 0) is 19.4 Å². The Hall–Kier alpha value is -3.14. The Morgan fingerprint density at radius 3 is 2.53 bits per heavy atom. The van der Waals surface area contributed by atoms with Crippen LogP contribution in [0.25, 0.3) is 0 Å². The lowest BCUT2D eigenvalue weighted by Crippen LogP contribution is -2.15. The van der Waals surface area contributed by atoms with E-state index >= 15 is 0 Å². The van der Waals surface area contributed by atoms with Gasteiger partial charge in [0.2, 0.25) is 5.88 Å². The summed E-state index contributed by atoms with van der Waals surface area (Å²) in [6, 6.07) is 7.88. The first-order valence-electron chi connectivity index (χ1n) is 9.22. The molecule has 1 aromatic carbocycles. The van der Waals surface area contributed by atoms with Crippen LogP contribution in [0.5, 0.6) is 17.4 Å². The van der Waals surface area contributed by atoms with Crippen LogP contribution in [0.2, 0.25) is 0 Å². The van der Waals surface area contributed by atoms with Gasteiger partial charge in [-0.25, -0.2) is 18.2 Å². The van der Waals surface area contributed by atoms with E-state index in [1.54, 1.807) is 25.1 Å². The summed E-state index contributed by atoms with van der Waals surface area (Å²) in [5.41, 5.74) is 3.49. The Balaban J connectivity index is 2.22. The van der Waals surface area contributed by atoms with E-state index in [1.165, 1.54) is 25.3 Å². The monoisotopic (exact) mass is 435 g/mol. The predicted octanol–water partition coefficient (Wildman–Crippen LogP) is 3.42. The van der Waals surface area contributed by atoms with Crippen LogP contribution in [0.15, 0.2) is 46.5 Å². The number of hydrogen-bond acceptors (Lipinski definition) is 9. The molecule has 2 rings (SSSR count). The number of anilines is 1. The lowest BCUT2D eigenvalue weighted by Gasteiger charge is -2.15. The van der Waals surface area contributed by atoms with Gasteiger partial charge in [-0.3, -0.25) is 5.43 Å². The summed E-state index contributed by atoms with van der Waals surface area (Å²) < 4.78 is 39.5. The van der Waals surface area contributed by atoms with Crippen molar-refractivity contribution in [3.63, 3.8) is 0 Å². The van der Waals surface area contributed by atoms with Gasteiger partial charge in [-0.15, -0.1) is 0 Å². The van der Waals surface area contributed by atoms with Crippen molar-refractivity contribution in [2.75, 3.05) is 18.3 Å². The van der Waals surface area contributed by atoms with E-state index in [9.17, 15) is 13.2 Å². The summed E-state index contributed by atoms with van der Waals surface area (Å²) in [7, 11) is -3.33. The minimum absolute atomic E-state index is 0.105. The maximum absolute atomic E-state index is 11.7.